The van der Waals surface area contributed by atoms with E-state index in [0.29, 0.717) is 6.54 Å². The van der Waals surface area contributed by atoms with Gasteiger partial charge >= 0.3 is 0 Å². The summed E-state index contributed by atoms with van der Waals surface area (Å²) in [5.41, 5.74) is 5.63. The maximum atomic E-state index is 12.0. The van der Waals surface area contributed by atoms with E-state index in [1.807, 2.05) is 20.8 Å². The topological polar surface area (TPSA) is 63.4 Å². The molecule has 0 aromatic carbocycles. The monoisotopic (exact) mass is 212 g/mol. The first-order chi connectivity index (χ1) is 6.88. The Labute approximate surface area is 90.8 Å². The predicted octanol–water partition coefficient (Wildman–Crippen LogP) is 0.550. The van der Waals surface area contributed by atoms with Crippen LogP contribution >= 0.6 is 0 Å². The van der Waals surface area contributed by atoms with E-state index in [1.54, 1.807) is 4.90 Å². The molecule has 86 valence electrons. The molecule has 1 saturated heterocycles. The fraction of sp³-hybridized carbons (Fsp3) is 0.818. The fourth-order valence-corrected chi connectivity index (χ4v) is 1.76. The number of amides is 1. The molecule has 1 heterocycles. The van der Waals surface area contributed by atoms with Crippen molar-refractivity contribution < 1.29 is 9.59 Å². The number of hydrogen-bond acceptors (Lipinski definition) is 3. The van der Waals surface area contributed by atoms with E-state index < -0.39 is 6.04 Å². The molecule has 0 saturated carbocycles. The highest BCUT2D eigenvalue weighted by molar-refractivity contribution is 5.85. The molecule has 1 aliphatic rings. The van der Waals surface area contributed by atoms with Crippen molar-refractivity contribution in [3.63, 3.8) is 0 Å². The Morgan fingerprint density at radius 3 is 2.60 bits per heavy atom. The quantitative estimate of drug-likeness (QED) is 0.680. The maximum absolute atomic E-state index is 12.0. The standard InChI is InChI=1S/C11H20N2O2/c1-11(2,3)9(12)10(15)13-6-4-5-8(13)7-14/h7-9H,4-6,12H2,1-3H3/t8-,9+/m0/s1. The molecule has 0 aliphatic carbocycles. The van der Waals surface area contributed by atoms with E-state index >= 15 is 0 Å². The molecule has 0 aromatic heterocycles. The van der Waals surface area contributed by atoms with E-state index in [1.165, 1.54) is 0 Å². The number of likely N-dealkylation sites (tertiary alicyclic amines) is 1. The van der Waals surface area contributed by atoms with Crippen LogP contribution in [0.4, 0.5) is 0 Å². The molecule has 0 unspecified atom stereocenters. The molecule has 0 aromatic rings. The van der Waals surface area contributed by atoms with Gasteiger partial charge in [-0.3, -0.25) is 4.79 Å². The van der Waals surface area contributed by atoms with Crippen LogP contribution in [0.25, 0.3) is 0 Å². The van der Waals surface area contributed by atoms with Gasteiger partial charge < -0.3 is 15.4 Å². The maximum Gasteiger partial charge on any atom is 0.240 e. The Kier molecular flexibility index (Phi) is 3.50. The number of nitrogens with two attached hydrogens (primary N) is 1. The van der Waals surface area contributed by atoms with Crippen LogP contribution < -0.4 is 5.73 Å². The first kappa shape index (κ1) is 12.2. The van der Waals surface area contributed by atoms with Crippen LogP contribution in [0.1, 0.15) is 33.6 Å². The number of carbonyl (C=O) groups excluding carboxylic acids is 2. The smallest absolute Gasteiger partial charge is 0.240 e. The lowest BCUT2D eigenvalue weighted by Gasteiger charge is -2.31. The van der Waals surface area contributed by atoms with Gasteiger partial charge in [-0.05, 0) is 18.3 Å². The van der Waals surface area contributed by atoms with Crippen molar-refractivity contribution in [1.82, 2.24) is 4.90 Å². The van der Waals surface area contributed by atoms with Crippen LogP contribution in [0.3, 0.4) is 0 Å². The summed E-state index contributed by atoms with van der Waals surface area (Å²) >= 11 is 0. The highest BCUT2D eigenvalue weighted by Crippen LogP contribution is 2.23. The number of rotatable bonds is 2. The third-order valence-electron chi connectivity index (χ3n) is 2.94. The van der Waals surface area contributed by atoms with Crippen LogP contribution in [0, 0.1) is 5.41 Å². The van der Waals surface area contributed by atoms with E-state index in [9.17, 15) is 9.59 Å². The van der Waals surface area contributed by atoms with Crippen molar-refractivity contribution in [1.29, 1.82) is 0 Å². The normalized spacial score (nSPS) is 24.0. The van der Waals surface area contributed by atoms with Gasteiger partial charge in [-0.25, -0.2) is 0 Å². The van der Waals surface area contributed by atoms with Crippen molar-refractivity contribution in [3.05, 3.63) is 0 Å². The lowest BCUT2D eigenvalue weighted by atomic mass is 9.86. The van der Waals surface area contributed by atoms with Crippen LogP contribution in [0.2, 0.25) is 0 Å². The zero-order chi connectivity index (χ0) is 11.6. The minimum Gasteiger partial charge on any atom is -0.332 e. The Bertz CT molecular complexity index is 258. The molecular weight excluding hydrogens is 192 g/mol. The lowest BCUT2D eigenvalue weighted by molar-refractivity contribution is -0.137. The Balaban J connectivity index is 2.72. The molecule has 1 aliphatic heterocycles. The molecule has 4 heteroatoms. The summed E-state index contributed by atoms with van der Waals surface area (Å²) in [6.07, 6.45) is 2.51. The first-order valence-corrected chi connectivity index (χ1v) is 5.39. The second-order valence-electron chi connectivity index (χ2n) is 5.22. The molecule has 4 nitrogen and oxygen atoms in total. The number of carbonyl (C=O) groups is 2. The summed E-state index contributed by atoms with van der Waals surface area (Å²) in [4.78, 5) is 24.4. The molecule has 1 amide bonds. The van der Waals surface area contributed by atoms with Crippen molar-refractivity contribution in [3.8, 4) is 0 Å². The third kappa shape index (κ3) is 2.56. The zero-order valence-corrected chi connectivity index (χ0v) is 9.69. The number of hydrogen-bond donors (Lipinski definition) is 1. The van der Waals surface area contributed by atoms with Gasteiger partial charge in [-0.15, -0.1) is 0 Å². The van der Waals surface area contributed by atoms with Crippen LogP contribution in [0.15, 0.2) is 0 Å². The van der Waals surface area contributed by atoms with Gasteiger partial charge in [0.15, 0.2) is 0 Å². The van der Waals surface area contributed by atoms with Gasteiger partial charge in [0.1, 0.15) is 6.29 Å². The molecule has 15 heavy (non-hydrogen) atoms. The highest BCUT2D eigenvalue weighted by Gasteiger charge is 2.36. The Morgan fingerprint density at radius 2 is 2.13 bits per heavy atom. The largest absolute Gasteiger partial charge is 0.332 e. The minimum absolute atomic E-state index is 0.0999. The van der Waals surface area contributed by atoms with Crippen LogP contribution in [-0.4, -0.2) is 35.7 Å². The summed E-state index contributed by atoms with van der Waals surface area (Å²) in [6, 6.07) is -0.788. The predicted molar refractivity (Wildman–Crippen MR) is 58.2 cm³/mol. The highest BCUT2D eigenvalue weighted by atomic mass is 16.2. The van der Waals surface area contributed by atoms with Gasteiger partial charge in [0.2, 0.25) is 5.91 Å². The summed E-state index contributed by atoms with van der Waals surface area (Å²) in [5, 5.41) is 0. The molecule has 2 N–H and O–H groups in total. The number of nitrogens with zero attached hydrogens (tertiary/aromatic N) is 1. The second kappa shape index (κ2) is 4.31. The third-order valence-corrected chi connectivity index (χ3v) is 2.94. The molecule has 0 spiro atoms. The van der Waals surface area contributed by atoms with Crippen LogP contribution in [-0.2, 0) is 9.59 Å². The summed E-state index contributed by atoms with van der Waals surface area (Å²) in [5.74, 6) is -0.0999. The Hall–Kier alpha value is -0.900. The van der Waals surface area contributed by atoms with Gasteiger partial charge in [0, 0.05) is 6.54 Å². The van der Waals surface area contributed by atoms with Gasteiger partial charge in [0.05, 0.1) is 12.1 Å². The summed E-state index contributed by atoms with van der Waals surface area (Å²) in [6.45, 7) is 6.46. The minimum atomic E-state index is -0.530. The van der Waals surface area contributed by atoms with E-state index in [-0.39, 0.29) is 17.4 Å². The summed E-state index contributed by atoms with van der Waals surface area (Å²) < 4.78 is 0. The SMILES string of the molecule is CC(C)(C)[C@H](N)C(=O)N1CCC[C@H]1C=O. The lowest BCUT2D eigenvalue weighted by Crippen LogP contribution is -2.52. The molecule has 1 rings (SSSR count). The number of aldehydes is 1. The van der Waals surface area contributed by atoms with E-state index in [2.05, 4.69) is 0 Å². The van der Waals surface area contributed by atoms with Crippen molar-refractivity contribution >= 4 is 12.2 Å². The first-order valence-electron chi connectivity index (χ1n) is 5.39. The molecule has 2 atom stereocenters. The molecule has 1 fully saturated rings. The van der Waals surface area contributed by atoms with Gasteiger partial charge in [-0.2, -0.15) is 0 Å². The average Bonchev–Trinajstić information content (AvgIpc) is 2.61. The fourth-order valence-electron chi connectivity index (χ4n) is 1.76. The molecule has 0 radical (unpaired) electrons. The molecular formula is C11H20N2O2. The van der Waals surface area contributed by atoms with Crippen molar-refractivity contribution in [2.75, 3.05) is 6.54 Å². The van der Waals surface area contributed by atoms with Gasteiger partial charge in [0.25, 0.3) is 0 Å². The van der Waals surface area contributed by atoms with Gasteiger partial charge in [-0.1, -0.05) is 20.8 Å². The molecule has 0 bridgehead atoms. The second-order valence-corrected chi connectivity index (χ2v) is 5.22. The van der Waals surface area contributed by atoms with Crippen molar-refractivity contribution in [2.24, 2.45) is 11.1 Å². The van der Waals surface area contributed by atoms with Crippen LogP contribution in [0.5, 0.6) is 0 Å². The Morgan fingerprint density at radius 1 is 1.53 bits per heavy atom. The summed E-state index contributed by atoms with van der Waals surface area (Å²) in [7, 11) is 0. The van der Waals surface area contributed by atoms with E-state index in [0.717, 1.165) is 19.1 Å². The zero-order valence-electron chi connectivity index (χ0n) is 9.69. The average molecular weight is 212 g/mol. The van der Waals surface area contributed by atoms with Crippen molar-refractivity contribution in [2.45, 2.75) is 45.7 Å². The van der Waals surface area contributed by atoms with E-state index in [4.69, 9.17) is 5.73 Å².